The molecule has 8 nitrogen and oxygen atoms in total. The van der Waals surface area contributed by atoms with Gasteiger partial charge in [0.15, 0.2) is 5.65 Å². The molecule has 4 N–H and O–H groups in total. The number of carbonyl (C=O) groups excluding carboxylic acids is 2. The average Bonchev–Trinajstić information content (AvgIpc) is 3.48. The van der Waals surface area contributed by atoms with Crippen molar-refractivity contribution < 1.29 is 9.59 Å². The lowest BCUT2D eigenvalue weighted by Gasteiger charge is -2.10. The van der Waals surface area contributed by atoms with Crippen molar-refractivity contribution in [1.29, 1.82) is 0 Å². The van der Waals surface area contributed by atoms with Crippen molar-refractivity contribution in [2.45, 2.75) is 11.4 Å². The molecule has 0 aliphatic heterocycles. The number of rotatable bonds is 9. The zero-order valence-electron chi connectivity index (χ0n) is 17.9. The van der Waals surface area contributed by atoms with Crippen LogP contribution in [0.25, 0.3) is 16.9 Å². The first kappa shape index (κ1) is 22.7. The SMILES string of the molecule is C=Nc1ccc(CNC(=O)c2cccn3c(C(N)=O)c(-c4ccsc4)nc23)cc1SCNC. The lowest BCUT2D eigenvalue weighted by Crippen LogP contribution is -2.23. The molecule has 1 aromatic carbocycles. The molecule has 0 spiro atoms. The molecule has 0 saturated heterocycles. The number of imidazole rings is 1. The van der Waals surface area contributed by atoms with E-state index in [-0.39, 0.29) is 11.6 Å². The van der Waals surface area contributed by atoms with Gasteiger partial charge < -0.3 is 16.4 Å². The molecule has 4 aromatic rings. The van der Waals surface area contributed by atoms with Gasteiger partial charge in [-0.3, -0.25) is 19.0 Å². The van der Waals surface area contributed by atoms with Gasteiger partial charge in [-0.25, -0.2) is 4.98 Å². The van der Waals surface area contributed by atoms with Crippen LogP contribution in [0.5, 0.6) is 0 Å². The third-order valence-corrected chi connectivity index (χ3v) is 6.70. The Labute approximate surface area is 198 Å². The molecule has 0 atom stereocenters. The number of primary amides is 1. The first-order valence-electron chi connectivity index (χ1n) is 10.0. The Bertz CT molecular complexity index is 1330. The summed E-state index contributed by atoms with van der Waals surface area (Å²) < 4.78 is 1.57. The van der Waals surface area contributed by atoms with Crippen molar-refractivity contribution in [1.82, 2.24) is 20.0 Å². The first-order chi connectivity index (χ1) is 16.0. The predicted octanol–water partition coefficient (Wildman–Crippen LogP) is 3.69. The maximum Gasteiger partial charge on any atom is 0.268 e. The summed E-state index contributed by atoms with van der Waals surface area (Å²) in [5.41, 5.74) is 9.60. The number of thioether (sulfide) groups is 1. The Morgan fingerprint density at radius 1 is 1.30 bits per heavy atom. The number of nitrogens with zero attached hydrogens (tertiary/aromatic N) is 3. The van der Waals surface area contributed by atoms with Crippen LogP contribution in [0.4, 0.5) is 5.69 Å². The minimum absolute atomic E-state index is 0.247. The van der Waals surface area contributed by atoms with Crippen LogP contribution in [-0.4, -0.2) is 40.8 Å². The second kappa shape index (κ2) is 9.99. The fourth-order valence-electron chi connectivity index (χ4n) is 3.42. The van der Waals surface area contributed by atoms with Crippen molar-refractivity contribution >= 4 is 53.0 Å². The number of aromatic nitrogens is 2. The fraction of sp³-hybridized carbons (Fsp3) is 0.130. The number of thiophene rings is 1. The number of hydrogen-bond donors (Lipinski definition) is 3. The van der Waals surface area contributed by atoms with E-state index in [4.69, 9.17) is 5.73 Å². The number of amides is 2. The summed E-state index contributed by atoms with van der Waals surface area (Å²) in [6, 6.07) is 11.0. The average molecular weight is 479 g/mol. The maximum absolute atomic E-state index is 13.1. The summed E-state index contributed by atoms with van der Waals surface area (Å²) in [6.45, 7) is 3.94. The highest BCUT2D eigenvalue weighted by atomic mass is 32.2. The number of nitrogens with two attached hydrogens (primary N) is 1. The Balaban J connectivity index is 1.62. The summed E-state index contributed by atoms with van der Waals surface area (Å²) in [6.07, 6.45) is 1.68. The summed E-state index contributed by atoms with van der Waals surface area (Å²) in [4.78, 5) is 34.9. The van der Waals surface area contributed by atoms with Gasteiger partial charge in [0.25, 0.3) is 11.8 Å². The van der Waals surface area contributed by atoms with Crippen molar-refractivity contribution in [2.75, 3.05) is 12.9 Å². The molecule has 0 unspecified atom stereocenters. The molecular weight excluding hydrogens is 456 g/mol. The minimum Gasteiger partial charge on any atom is -0.364 e. The van der Waals surface area contributed by atoms with Gasteiger partial charge in [-0.05, 0) is 55.0 Å². The molecule has 0 saturated carbocycles. The lowest BCUT2D eigenvalue weighted by atomic mass is 10.2. The summed E-state index contributed by atoms with van der Waals surface area (Å²) in [5, 5.41) is 9.82. The number of carbonyl (C=O) groups is 2. The third-order valence-electron chi connectivity index (χ3n) is 4.94. The van der Waals surface area contributed by atoms with Gasteiger partial charge in [-0.2, -0.15) is 11.3 Å². The highest BCUT2D eigenvalue weighted by Gasteiger charge is 2.22. The highest BCUT2D eigenvalue weighted by Crippen LogP contribution is 2.30. The van der Waals surface area contributed by atoms with Crippen LogP contribution >= 0.6 is 23.1 Å². The van der Waals surface area contributed by atoms with Gasteiger partial charge in [-0.1, -0.05) is 6.07 Å². The van der Waals surface area contributed by atoms with Gasteiger partial charge in [0.2, 0.25) is 0 Å². The lowest BCUT2D eigenvalue weighted by molar-refractivity contribution is 0.0949. The topological polar surface area (TPSA) is 114 Å². The maximum atomic E-state index is 13.1. The van der Waals surface area contributed by atoms with Crippen molar-refractivity contribution in [3.05, 3.63) is 70.2 Å². The summed E-state index contributed by atoms with van der Waals surface area (Å²) >= 11 is 3.10. The molecule has 3 heterocycles. The molecule has 10 heteroatoms. The molecule has 168 valence electrons. The molecule has 0 aliphatic carbocycles. The van der Waals surface area contributed by atoms with Crippen LogP contribution in [0.3, 0.4) is 0 Å². The zero-order chi connectivity index (χ0) is 23.4. The monoisotopic (exact) mass is 478 g/mol. The van der Waals surface area contributed by atoms with Crippen molar-refractivity contribution in [2.24, 2.45) is 10.7 Å². The number of fused-ring (bicyclic) bond motifs is 1. The third kappa shape index (κ3) is 4.68. The van der Waals surface area contributed by atoms with Gasteiger partial charge in [0.1, 0.15) is 11.4 Å². The standard InChI is InChI=1S/C23H22N6O2S2/c1-25-13-33-18-10-14(5-6-17(18)26-2)11-27-23(31)16-4-3-8-29-20(21(24)30)19(28-22(16)29)15-7-9-32-12-15/h3-10,12,25H,2,11,13H2,1H3,(H2,24,30)(H,27,31). The second-order valence-electron chi connectivity index (χ2n) is 7.09. The van der Waals surface area contributed by atoms with E-state index in [0.717, 1.165) is 27.6 Å². The van der Waals surface area contributed by atoms with E-state index >= 15 is 0 Å². The molecule has 4 rings (SSSR count). The van der Waals surface area contributed by atoms with Gasteiger partial charge >= 0.3 is 0 Å². The van der Waals surface area contributed by atoms with E-state index in [1.165, 1.54) is 11.3 Å². The predicted molar refractivity (Wildman–Crippen MR) is 134 cm³/mol. The highest BCUT2D eigenvalue weighted by molar-refractivity contribution is 7.99. The van der Waals surface area contributed by atoms with E-state index in [1.807, 2.05) is 42.1 Å². The van der Waals surface area contributed by atoms with Gasteiger partial charge in [0.05, 0.1) is 11.3 Å². The van der Waals surface area contributed by atoms with Gasteiger partial charge in [0, 0.05) is 34.5 Å². The number of aliphatic imine (C=N–C) groups is 1. The Morgan fingerprint density at radius 2 is 2.15 bits per heavy atom. The van der Waals surface area contributed by atoms with E-state index in [2.05, 4.69) is 27.3 Å². The quantitative estimate of drug-likeness (QED) is 0.193. The number of pyridine rings is 1. The zero-order valence-corrected chi connectivity index (χ0v) is 19.5. The van der Waals surface area contributed by atoms with Crippen LogP contribution in [-0.2, 0) is 6.54 Å². The van der Waals surface area contributed by atoms with Crippen molar-refractivity contribution in [3.8, 4) is 11.3 Å². The molecule has 0 radical (unpaired) electrons. The van der Waals surface area contributed by atoms with E-state index in [1.54, 1.807) is 34.5 Å². The number of hydrogen-bond acceptors (Lipinski definition) is 7. The summed E-state index contributed by atoms with van der Waals surface area (Å²) in [5.74, 6) is -0.174. The fourth-order valence-corrected chi connectivity index (χ4v) is 4.88. The molecule has 3 aromatic heterocycles. The number of benzene rings is 1. The smallest absolute Gasteiger partial charge is 0.268 e. The van der Waals surface area contributed by atoms with Crippen LogP contribution < -0.4 is 16.4 Å². The minimum atomic E-state index is -0.608. The van der Waals surface area contributed by atoms with Crippen LogP contribution in [0, 0.1) is 0 Å². The first-order valence-corrected chi connectivity index (χ1v) is 11.9. The van der Waals surface area contributed by atoms with E-state index in [0.29, 0.717) is 23.4 Å². The van der Waals surface area contributed by atoms with Crippen molar-refractivity contribution in [3.63, 3.8) is 0 Å². The second-order valence-corrected chi connectivity index (χ2v) is 8.88. The van der Waals surface area contributed by atoms with Crippen LogP contribution in [0.15, 0.2) is 63.2 Å². The molecule has 0 fully saturated rings. The van der Waals surface area contributed by atoms with Crippen LogP contribution in [0.2, 0.25) is 0 Å². The Kier molecular flexibility index (Phi) is 6.87. The molecule has 0 aliphatic rings. The Morgan fingerprint density at radius 3 is 2.85 bits per heavy atom. The molecular formula is C23H22N6O2S2. The largest absolute Gasteiger partial charge is 0.364 e. The van der Waals surface area contributed by atoms with E-state index < -0.39 is 5.91 Å². The van der Waals surface area contributed by atoms with Crippen LogP contribution in [0.1, 0.15) is 26.4 Å². The normalized spacial score (nSPS) is 10.9. The molecule has 2 amide bonds. The van der Waals surface area contributed by atoms with Gasteiger partial charge in [-0.15, -0.1) is 11.8 Å². The molecule has 33 heavy (non-hydrogen) atoms. The number of nitrogens with one attached hydrogen (secondary N) is 2. The summed E-state index contributed by atoms with van der Waals surface area (Å²) in [7, 11) is 1.88. The van der Waals surface area contributed by atoms with E-state index in [9.17, 15) is 9.59 Å². The Hall–Kier alpha value is -3.47. The molecule has 0 bridgehead atoms.